The number of rotatable bonds is 3. The summed E-state index contributed by atoms with van der Waals surface area (Å²) >= 11 is 0. The van der Waals surface area contributed by atoms with Gasteiger partial charge in [0.25, 0.3) is 0 Å². The molecule has 0 aliphatic carbocycles. The highest BCUT2D eigenvalue weighted by Gasteiger charge is 2.37. The molecule has 0 radical (unpaired) electrons. The molecule has 2 bridgehead atoms. The minimum Gasteiger partial charge on any atom is -0.461 e. The summed E-state index contributed by atoms with van der Waals surface area (Å²) < 4.78 is 25.7. The molecule has 1 fully saturated rings. The number of esters is 1. The zero-order valence-corrected chi connectivity index (χ0v) is 14.3. The van der Waals surface area contributed by atoms with Crippen molar-refractivity contribution in [1.29, 1.82) is 0 Å². The van der Waals surface area contributed by atoms with Crippen LogP contribution in [0.3, 0.4) is 0 Å². The van der Waals surface area contributed by atoms with E-state index in [4.69, 9.17) is 9.47 Å². The van der Waals surface area contributed by atoms with Gasteiger partial charge in [-0.1, -0.05) is 12.1 Å². The Bertz CT molecular complexity index is 849. The van der Waals surface area contributed by atoms with Crippen LogP contribution in [0.4, 0.5) is 4.39 Å². The SMILES string of the molecule is CCOC(=O)c1cc(-c2ccc(C)cc2F)c2c(n1)[C@@H]1CC[C@H](C2)O1. The van der Waals surface area contributed by atoms with Gasteiger partial charge in [0.15, 0.2) is 0 Å². The van der Waals surface area contributed by atoms with Crippen LogP contribution in [0.5, 0.6) is 0 Å². The number of aromatic nitrogens is 1. The van der Waals surface area contributed by atoms with Gasteiger partial charge in [-0.05, 0) is 55.5 Å². The van der Waals surface area contributed by atoms with Crippen molar-refractivity contribution in [1.82, 2.24) is 4.98 Å². The lowest BCUT2D eigenvalue weighted by molar-refractivity contribution is 0.0291. The third-order valence-corrected chi connectivity index (χ3v) is 4.90. The van der Waals surface area contributed by atoms with Crippen LogP contribution < -0.4 is 0 Å². The Labute approximate surface area is 146 Å². The maximum atomic E-state index is 14.6. The van der Waals surface area contributed by atoms with Crippen LogP contribution in [0, 0.1) is 12.7 Å². The molecular formula is C20H20FNO3. The zero-order valence-electron chi connectivity index (χ0n) is 14.3. The van der Waals surface area contributed by atoms with Gasteiger partial charge in [-0.15, -0.1) is 0 Å². The largest absolute Gasteiger partial charge is 0.461 e. The van der Waals surface area contributed by atoms with Crippen molar-refractivity contribution in [3.63, 3.8) is 0 Å². The van der Waals surface area contributed by atoms with E-state index >= 15 is 0 Å². The minimum absolute atomic E-state index is 0.115. The van der Waals surface area contributed by atoms with Crippen LogP contribution in [-0.2, 0) is 15.9 Å². The fourth-order valence-electron chi connectivity index (χ4n) is 3.75. The quantitative estimate of drug-likeness (QED) is 0.787. The minimum atomic E-state index is -0.487. The molecule has 0 unspecified atom stereocenters. The summed E-state index contributed by atoms with van der Waals surface area (Å²) in [6.45, 7) is 3.88. The second kappa shape index (κ2) is 6.23. The van der Waals surface area contributed by atoms with Crippen LogP contribution in [0.2, 0.25) is 0 Å². The van der Waals surface area contributed by atoms with Crippen molar-refractivity contribution >= 4 is 5.97 Å². The molecule has 130 valence electrons. The Hall–Kier alpha value is -2.27. The molecule has 0 amide bonds. The van der Waals surface area contributed by atoms with Gasteiger partial charge in [0.05, 0.1) is 18.4 Å². The van der Waals surface area contributed by atoms with Crippen molar-refractivity contribution in [2.75, 3.05) is 6.61 Å². The van der Waals surface area contributed by atoms with Crippen molar-refractivity contribution in [2.24, 2.45) is 0 Å². The molecule has 2 aliphatic rings. The predicted molar refractivity (Wildman–Crippen MR) is 90.9 cm³/mol. The number of fused-ring (bicyclic) bond motifs is 4. The van der Waals surface area contributed by atoms with E-state index in [0.29, 0.717) is 12.0 Å². The molecule has 0 N–H and O–H groups in total. The summed E-state index contributed by atoms with van der Waals surface area (Å²) in [6.07, 6.45) is 2.58. The summed E-state index contributed by atoms with van der Waals surface area (Å²) in [6, 6.07) is 6.82. The molecular weight excluding hydrogens is 321 g/mol. The number of ether oxygens (including phenoxy) is 2. The summed E-state index contributed by atoms with van der Waals surface area (Å²) in [7, 11) is 0. The second-order valence-electron chi connectivity index (χ2n) is 6.65. The lowest BCUT2D eigenvalue weighted by Crippen LogP contribution is -2.22. The highest BCUT2D eigenvalue weighted by Crippen LogP contribution is 2.44. The van der Waals surface area contributed by atoms with Gasteiger partial charge in [-0.25, -0.2) is 14.2 Å². The summed E-state index contributed by atoms with van der Waals surface area (Å²) in [5.41, 5.74) is 4.05. The lowest BCUT2D eigenvalue weighted by Gasteiger charge is -2.26. The Morgan fingerprint density at radius 3 is 2.92 bits per heavy atom. The molecule has 1 aromatic carbocycles. The molecule has 2 aliphatic heterocycles. The molecule has 2 aromatic rings. The molecule has 3 heterocycles. The molecule has 25 heavy (non-hydrogen) atoms. The van der Waals surface area contributed by atoms with Crippen molar-refractivity contribution in [3.8, 4) is 11.1 Å². The van der Waals surface area contributed by atoms with Crippen LogP contribution in [-0.4, -0.2) is 23.7 Å². The normalized spacial score (nSPS) is 21.1. The number of benzene rings is 1. The number of aryl methyl sites for hydroxylation is 1. The highest BCUT2D eigenvalue weighted by atomic mass is 19.1. The van der Waals surface area contributed by atoms with Crippen LogP contribution in [0.25, 0.3) is 11.1 Å². The zero-order chi connectivity index (χ0) is 17.6. The Morgan fingerprint density at radius 2 is 2.16 bits per heavy atom. The van der Waals surface area contributed by atoms with E-state index in [-0.39, 0.29) is 30.3 Å². The molecule has 0 spiro atoms. The summed E-state index contributed by atoms with van der Waals surface area (Å²) in [5, 5.41) is 0. The molecule has 1 aromatic heterocycles. The van der Waals surface area contributed by atoms with Crippen molar-refractivity contribution < 1.29 is 18.7 Å². The average molecular weight is 341 g/mol. The monoisotopic (exact) mass is 341 g/mol. The van der Waals surface area contributed by atoms with Crippen LogP contribution in [0.15, 0.2) is 24.3 Å². The third kappa shape index (κ3) is 2.82. The fraction of sp³-hybridized carbons (Fsp3) is 0.400. The number of halogens is 1. The molecule has 5 heteroatoms. The topological polar surface area (TPSA) is 48.4 Å². The standard InChI is InChI=1S/C20H20FNO3/c1-3-24-20(23)17-10-14(13-6-4-11(2)8-16(13)21)15-9-12-5-7-18(25-12)19(15)22-17/h4,6,8,10,12,18H,3,5,7,9H2,1-2H3/t12-,18+/m1/s1. The maximum Gasteiger partial charge on any atom is 0.356 e. The Kier molecular flexibility index (Phi) is 4.04. The van der Waals surface area contributed by atoms with E-state index < -0.39 is 5.97 Å². The number of carbonyl (C=O) groups is 1. The van der Waals surface area contributed by atoms with E-state index in [1.165, 1.54) is 6.07 Å². The number of carbonyl (C=O) groups excluding carboxylic acids is 1. The van der Waals surface area contributed by atoms with Gasteiger partial charge in [-0.2, -0.15) is 0 Å². The summed E-state index contributed by atoms with van der Waals surface area (Å²) in [5.74, 6) is -0.777. The number of pyridine rings is 1. The van der Waals surface area contributed by atoms with Gasteiger partial charge in [0.2, 0.25) is 0 Å². The highest BCUT2D eigenvalue weighted by molar-refractivity contribution is 5.89. The first kappa shape index (κ1) is 16.2. The van der Waals surface area contributed by atoms with Crippen LogP contribution >= 0.6 is 0 Å². The van der Waals surface area contributed by atoms with Gasteiger partial charge >= 0.3 is 5.97 Å². The predicted octanol–water partition coefficient (Wildman–Crippen LogP) is 4.15. The Balaban J connectivity index is 1.91. The van der Waals surface area contributed by atoms with E-state index in [9.17, 15) is 9.18 Å². The Morgan fingerprint density at radius 1 is 1.32 bits per heavy atom. The lowest BCUT2D eigenvalue weighted by atomic mass is 9.92. The van der Waals surface area contributed by atoms with Crippen molar-refractivity contribution in [3.05, 3.63) is 52.6 Å². The maximum absolute atomic E-state index is 14.6. The molecule has 0 saturated carbocycles. The van der Waals surface area contributed by atoms with E-state index in [2.05, 4.69) is 4.98 Å². The fourth-order valence-corrected chi connectivity index (χ4v) is 3.75. The van der Waals surface area contributed by atoms with Crippen LogP contribution in [0.1, 0.15) is 53.2 Å². The first-order chi connectivity index (χ1) is 12.1. The smallest absolute Gasteiger partial charge is 0.356 e. The molecule has 4 rings (SSSR count). The molecule has 4 nitrogen and oxygen atoms in total. The second-order valence-corrected chi connectivity index (χ2v) is 6.65. The first-order valence-corrected chi connectivity index (χ1v) is 8.69. The number of hydrogen-bond donors (Lipinski definition) is 0. The first-order valence-electron chi connectivity index (χ1n) is 8.69. The van der Waals surface area contributed by atoms with Gasteiger partial charge in [0.1, 0.15) is 17.6 Å². The number of hydrogen-bond acceptors (Lipinski definition) is 4. The van der Waals surface area contributed by atoms with Gasteiger partial charge in [-0.3, -0.25) is 0 Å². The summed E-state index contributed by atoms with van der Waals surface area (Å²) in [4.78, 5) is 16.8. The van der Waals surface area contributed by atoms with E-state index in [1.54, 1.807) is 19.1 Å². The average Bonchev–Trinajstić information content (AvgIpc) is 2.97. The van der Waals surface area contributed by atoms with Gasteiger partial charge in [0, 0.05) is 12.0 Å². The molecule has 1 saturated heterocycles. The molecule has 2 atom stereocenters. The number of nitrogens with zero attached hydrogens (tertiary/aromatic N) is 1. The van der Waals surface area contributed by atoms with Crippen molar-refractivity contribution in [2.45, 2.75) is 45.3 Å². The third-order valence-electron chi connectivity index (χ3n) is 4.90. The van der Waals surface area contributed by atoms with E-state index in [1.807, 2.05) is 13.0 Å². The van der Waals surface area contributed by atoms with Gasteiger partial charge < -0.3 is 9.47 Å². The van der Waals surface area contributed by atoms with E-state index in [0.717, 1.165) is 35.2 Å².